The zero-order valence-electron chi connectivity index (χ0n) is 12.9. The Morgan fingerprint density at radius 2 is 2.00 bits per heavy atom. The van der Waals surface area contributed by atoms with Gasteiger partial charge in [-0.15, -0.1) is 0 Å². The third-order valence-electron chi connectivity index (χ3n) is 3.85. The minimum atomic E-state index is -1.20. The van der Waals surface area contributed by atoms with E-state index in [1.807, 2.05) is 0 Å². The fourth-order valence-corrected chi connectivity index (χ4v) is 2.82. The van der Waals surface area contributed by atoms with Gasteiger partial charge in [-0.2, -0.15) is 0 Å². The number of carbonyl (C=O) groups is 1. The number of fused-ring (bicyclic) bond motifs is 1. The molecule has 23 heavy (non-hydrogen) atoms. The van der Waals surface area contributed by atoms with Gasteiger partial charge in [0.1, 0.15) is 12.2 Å². The van der Waals surface area contributed by atoms with Gasteiger partial charge in [-0.3, -0.25) is 0 Å². The van der Waals surface area contributed by atoms with Crippen LogP contribution in [0.25, 0.3) is 0 Å². The monoisotopic (exact) mass is 324 g/mol. The molecule has 0 amide bonds. The maximum atomic E-state index is 12.3. The molecule has 1 aromatic rings. The van der Waals surface area contributed by atoms with E-state index >= 15 is 0 Å². The van der Waals surface area contributed by atoms with Crippen LogP contribution in [0.4, 0.5) is 0 Å². The van der Waals surface area contributed by atoms with Crippen molar-refractivity contribution in [2.75, 3.05) is 6.61 Å². The summed E-state index contributed by atoms with van der Waals surface area (Å²) in [6, 6.07) is 8.50. The predicted octanol–water partition coefficient (Wildman–Crippen LogP) is 0.442. The molecule has 126 valence electrons. The SMILES string of the molecule is CC1(C)O[C@H]2O[C@@H]([C@H](O)CO)[C@H](OC(=O)c3ccccc3)[C@H]2O1. The highest BCUT2D eigenvalue weighted by atomic mass is 16.8. The van der Waals surface area contributed by atoms with Crippen molar-refractivity contribution in [2.45, 2.75) is 50.3 Å². The number of ether oxygens (including phenoxy) is 4. The fourth-order valence-electron chi connectivity index (χ4n) is 2.82. The molecule has 2 heterocycles. The molecule has 5 atom stereocenters. The highest BCUT2D eigenvalue weighted by molar-refractivity contribution is 5.89. The van der Waals surface area contributed by atoms with E-state index in [2.05, 4.69) is 0 Å². The van der Waals surface area contributed by atoms with Crippen molar-refractivity contribution in [3.8, 4) is 0 Å². The van der Waals surface area contributed by atoms with Gasteiger partial charge in [-0.1, -0.05) is 18.2 Å². The van der Waals surface area contributed by atoms with Crippen LogP contribution >= 0.6 is 0 Å². The molecule has 2 saturated heterocycles. The van der Waals surface area contributed by atoms with Crippen molar-refractivity contribution in [3.63, 3.8) is 0 Å². The molecule has 7 nitrogen and oxygen atoms in total. The van der Waals surface area contributed by atoms with E-state index in [0.717, 1.165) is 0 Å². The Bertz CT molecular complexity index is 559. The lowest BCUT2D eigenvalue weighted by Gasteiger charge is -2.27. The number of hydrogen-bond donors (Lipinski definition) is 2. The van der Waals surface area contributed by atoms with E-state index in [-0.39, 0.29) is 0 Å². The largest absolute Gasteiger partial charge is 0.453 e. The summed E-state index contributed by atoms with van der Waals surface area (Å²) >= 11 is 0. The number of carbonyl (C=O) groups excluding carboxylic acids is 1. The summed E-state index contributed by atoms with van der Waals surface area (Å²) in [6.45, 7) is 2.93. The first-order valence-corrected chi connectivity index (χ1v) is 7.47. The zero-order valence-corrected chi connectivity index (χ0v) is 12.9. The van der Waals surface area contributed by atoms with Gasteiger partial charge in [-0.25, -0.2) is 4.79 Å². The van der Waals surface area contributed by atoms with Gasteiger partial charge in [0.15, 0.2) is 24.3 Å². The zero-order chi connectivity index (χ0) is 16.6. The molecule has 3 rings (SSSR count). The number of hydrogen-bond acceptors (Lipinski definition) is 7. The second-order valence-corrected chi connectivity index (χ2v) is 6.06. The van der Waals surface area contributed by atoms with Gasteiger partial charge in [0.05, 0.1) is 12.2 Å². The van der Waals surface area contributed by atoms with Gasteiger partial charge in [0.2, 0.25) is 0 Å². The van der Waals surface area contributed by atoms with Crippen molar-refractivity contribution in [2.24, 2.45) is 0 Å². The van der Waals surface area contributed by atoms with Gasteiger partial charge in [0.25, 0.3) is 0 Å². The third kappa shape index (κ3) is 3.24. The van der Waals surface area contributed by atoms with Crippen LogP contribution in [0, 0.1) is 0 Å². The molecule has 0 radical (unpaired) electrons. The van der Waals surface area contributed by atoms with Gasteiger partial charge >= 0.3 is 5.97 Å². The molecule has 0 spiro atoms. The number of esters is 1. The number of benzene rings is 1. The van der Waals surface area contributed by atoms with Crippen molar-refractivity contribution in [1.29, 1.82) is 0 Å². The van der Waals surface area contributed by atoms with Gasteiger partial charge in [0, 0.05) is 0 Å². The predicted molar refractivity (Wildman–Crippen MR) is 77.4 cm³/mol. The van der Waals surface area contributed by atoms with Gasteiger partial charge < -0.3 is 29.2 Å². The molecule has 2 fully saturated rings. The second-order valence-electron chi connectivity index (χ2n) is 6.06. The van der Waals surface area contributed by atoms with Gasteiger partial charge in [-0.05, 0) is 26.0 Å². The third-order valence-corrected chi connectivity index (χ3v) is 3.85. The summed E-state index contributed by atoms with van der Waals surface area (Å²) in [6.07, 6.45) is -4.42. The number of rotatable bonds is 4. The molecule has 0 saturated carbocycles. The first-order chi connectivity index (χ1) is 10.9. The van der Waals surface area contributed by atoms with E-state index in [1.165, 1.54) is 0 Å². The lowest BCUT2D eigenvalue weighted by Crippen LogP contribution is -2.45. The lowest BCUT2D eigenvalue weighted by molar-refractivity contribution is -0.227. The summed E-state index contributed by atoms with van der Waals surface area (Å²) in [5.41, 5.74) is 0.381. The highest BCUT2D eigenvalue weighted by Crippen LogP contribution is 2.39. The van der Waals surface area contributed by atoms with E-state index in [4.69, 9.17) is 18.9 Å². The van der Waals surface area contributed by atoms with E-state index < -0.39 is 49.1 Å². The van der Waals surface area contributed by atoms with Crippen molar-refractivity contribution in [3.05, 3.63) is 35.9 Å². The molecular formula is C16H20O7. The highest BCUT2D eigenvalue weighted by Gasteiger charge is 2.58. The molecule has 0 bridgehead atoms. The lowest BCUT2D eigenvalue weighted by atomic mass is 10.1. The fraction of sp³-hybridized carbons (Fsp3) is 0.562. The summed E-state index contributed by atoms with van der Waals surface area (Å²) in [7, 11) is 0. The Hall–Kier alpha value is -1.51. The van der Waals surface area contributed by atoms with E-state index in [9.17, 15) is 15.0 Å². The first-order valence-electron chi connectivity index (χ1n) is 7.47. The Labute approximate surface area is 133 Å². The van der Waals surface area contributed by atoms with E-state index in [1.54, 1.807) is 44.2 Å². The molecule has 0 unspecified atom stereocenters. The average molecular weight is 324 g/mol. The Balaban J connectivity index is 1.79. The first kappa shape index (κ1) is 16.4. The van der Waals surface area contributed by atoms with Crippen LogP contribution in [0.2, 0.25) is 0 Å². The summed E-state index contributed by atoms with van der Waals surface area (Å²) in [4.78, 5) is 12.3. The maximum Gasteiger partial charge on any atom is 0.338 e. The molecule has 2 N–H and O–H groups in total. The van der Waals surface area contributed by atoms with Crippen LogP contribution in [-0.2, 0) is 18.9 Å². The summed E-state index contributed by atoms with van der Waals surface area (Å²) in [5, 5.41) is 19.1. The molecule has 2 aliphatic rings. The minimum Gasteiger partial charge on any atom is -0.453 e. The minimum absolute atomic E-state index is 0.381. The molecule has 1 aromatic carbocycles. The number of aliphatic hydroxyl groups is 2. The topological polar surface area (TPSA) is 94.5 Å². The Kier molecular flexibility index (Phi) is 4.39. The van der Waals surface area contributed by atoms with Crippen LogP contribution in [-0.4, -0.2) is 59.3 Å². The second kappa shape index (κ2) is 6.18. The Morgan fingerprint density at radius 1 is 1.30 bits per heavy atom. The number of aliphatic hydroxyl groups excluding tert-OH is 2. The van der Waals surface area contributed by atoms with Crippen LogP contribution in [0.15, 0.2) is 30.3 Å². The Morgan fingerprint density at radius 3 is 2.65 bits per heavy atom. The quantitative estimate of drug-likeness (QED) is 0.776. The standard InChI is InChI=1S/C16H20O7/c1-16(2)22-13-12(11(10(18)8-17)21-15(13)23-16)20-14(19)9-6-4-3-5-7-9/h3-7,10-13,15,17-18H,8H2,1-2H3/t10-,11+,12+,13-,15-/m1/s1. The van der Waals surface area contributed by atoms with Crippen LogP contribution in [0.3, 0.4) is 0 Å². The summed E-state index contributed by atoms with van der Waals surface area (Å²) < 4.78 is 22.4. The molecular weight excluding hydrogens is 304 g/mol. The average Bonchev–Trinajstić information content (AvgIpc) is 3.00. The molecule has 0 aliphatic carbocycles. The summed E-state index contributed by atoms with van der Waals surface area (Å²) in [5.74, 6) is -1.43. The maximum absolute atomic E-state index is 12.3. The smallest absolute Gasteiger partial charge is 0.338 e. The van der Waals surface area contributed by atoms with Crippen molar-refractivity contribution in [1.82, 2.24) is 0 Å². The molecule has 2 aliphatic heterocycles. The van der Waals surface area contributed by atoms with Crippen LogP contribution in [0.5, 0.6) is 0 Å². The van der Waals surface area contributed by atoms with Crippen LogP contribution < -0.4 is 0 Å². The van der Waals surface area contributed by atoms with Crippen molar-refractivity contribution < 1.29 is 34.0 Å². The molecule has 0 aromatic heterocycles. The molecule has 7 heteroatoms. The normalized spacial score (nSPS) is 33.2. The van der Waals surface area contributed by atoms with E-state index in [0.29, 0.717) is 5.56 Å². The van der Waals surface area contributed by atoms with Crippen molar-refractivity contribution >= 4 is 5.97 Å². The van der Waals surface area contributed by atoms with Crippen LogP contribution in [0.1, 0.15) is 24.2 Å².